The van der Waals surface area contributed by atoms with E-state index >= 15 is 0 Å². The van der Waals surface area contributed by atoms with Crippen molar-refractivity contribution in [3.63, 3.8) is 0 Å². The molecule has 33 heavy (non-hydrogen) atoms. The molecule has 7 heteroatoms. The summed E-state index contributed by atoms with van der Waals surface area (Å²) in [5.74, 6) is -1.46. The van der Waals surface area contributed by atoms with Gasteiger partial charge in [0.1, 0.15) is 12.6 Å². The van der Waals surface area contributed by atoms with E-state index in [2.05, 4.69) is 41.5 Å². The van der Waals surface area contributed by atoms with Crippen LogP contribution in [0.2, 0.25) is 0 Å². The van der Waals surface area contributed by atoms with Gasteiger partial charge in [-0.15, -0.1) is 6.58 Å². The molecule has 0 saturated heterocycles. The Bertz CT molecular complexity index is 974. The maximum atomic E-state index is 12.3. The van der Waals surface area contributed by atoms with Gasteiger partial charge in [0.05, 0.1) is 0 Å². The van der Waals surface area contributed by atoms with E-state index in [1.54, 1.807) is 13.0 Å². The lowest BCUT2D eigenvalue weighted by atomic mass is 9.98. The van der Waals surface area contributed by atoms with Crippen LogP contribution in [-0.2, 0) is 14.3 Å². The van der Waals surface area contributed by atoms with Gasteiger partial charge >= 0.3 is 12.1 Å². The zero-order chi connectivity index (χ0) is 23.8. The SMILES string of the molecule is C=CCCC(NC(=O)CCC(C)NC(=O)OCC1c2ccccc2-c2ccccc21)C(=O)O. The molecule has 2 atom stereocenters. The summed E-state index contributed by atoms with van der Waals surface area (Å²) in [4.78, 5) is 35.7. The number of hydrogen-bond acceptors (Lipinski definition) is 4. The van der Waals surface area contributed by atoms with Crippen molar-refractivity contribution < 1.29 is 24.2 Å². The molecule has 3 N–H and O–H groups in total. The van der Waals surface area contributed by atoms with Crippen molar-refractivity contribution >= 4 is 18.0 Å². The van der Waals surface area contributed by atoms with Crippen LogP contribution >= 0.6 is 0 Å². The number of nitrogens with one attached hydrogen (secondary N) is 2. The minimum absolute atomic E-state index is 0.0206. The van der Waals surface area contributed by atoms with Gasteiger partial charge in [0.15, 0.2) is 0 Å². The summed E-state index contributed by atoms with van der Waals surface area (Å²) in [6.07, 6.45) is 2.32. The third-order valence-electron chi connectivity index (χ3n) is 5.81. The molecule has 1 aliphatic carbocycles. The Hall–Kier alpha value is -3.61. The third kappa shape index (κ3) is 6.22. The molecule has 7 nitrogen and oxygen atoms in total. The Labute approximate surface area is 193 Å². The fourth-order valence-corrected chi connectivity index (χ4v) is 4.07. The highest BCUT2D eigenvalue weighted by Crippen LogP contribution is 2.44. The lowest BCUT2D eigenvalue weighted by Gasteiger charge is -2.18. The number of allylic oxidation sites excluding steroid dienone is 1. The summed E-state index contributed by atoms with van der Waals surface area (Å²) >= 11 is 0. The second kappa shape index (κ2) is 11.3. The first-order valence-electron chi connectivity index (χ1n) is 11.1. The maximum absolute atomic E-state index is 12.3. The van der Waals surface area contributed by atoms with Gasteiger partial charge in [0, 0.05) is 18.4 Å². The van der Waals surface area contributed by atoms with Crippen molar-refractivity contribution in [1.82, 2.24) is 10.6 Å². The summed E-state index contributed by atoms with van der Waals surface area (Å²) in [5, 5.41) is 14.5. The molecule has 0 aromatic heterocycles. The van der Waals surface area contributed by atoms with Gasteiger partial charge in [-0.05, 0) is 48.4 Å². The predicted octanol–water partition coefficient (Wildman–Crippen LogP) is 4.23. The number of fused-ring (bicyclic) bond motifs is 3. The molecule has 2 aromatic rings. The van der Waals surface area contributed by atoms with E-state index in [0.29, 0.717) is 12.8 Å². The van der Waals surface area contributed by atoms with Gasteiger partial charge in [-0.1, -0.05) is 54.6 Å². The molecule has 1 aliphatic rings. The molecule has 3 rings (SSSR count). The molecule has 2 unspecified atom stereocenters. The van der Waals surface area contributed by atoms with E-state index in [-0.39, 0.29) is 37.3 Å². The largest absolute Gasteiger partial charge is 0.480 e. The van der Waals surface area contributed by atoms with E-state index in [4.69, 9.17) is 4.74 Å². The smallest absolute Gasteiger partial charge is 0.407 e. The van der Waals surface area contributed by atoms with E-state index in [1.165, 1.54) is 0 Å². The van der Waals surface area contributed by atoms with Gasteiger partial charge in [0.2, 0.25) is 5.91 Å². The van der Waals surface area contributed by atoms with Crippen LogP contribution in [0.4, 0.5) is 4.79 Å². The minimum atomic E-state index is -1.07. The molecule has 0 radical (unpaired) electrons. The topological polar surface area (TPSA) is 105 Å². The Morgan fingerprint density at radius 1 is 1.03 bits per heavy atom. The maximum Gasteiger partial charge on any atom is 0.407 e. The van der Waals surface area contributed by atoms with Gasteiger partial charge in [0.25, 0.3) is 0 Å². The highest BCUT2D eigenvalue weighted by molar-refractivity contribution is 5.83. The molecule has 2 aromatic carbocycles. The molecule has 0 spiro atoms. The van der Waals surface area contributed by atoms with Crippen molar-refractivity contribution in [1.29, 1.82) is 0 Å². The highest BCUT2D eigenvalue weighted by atomic mass is 16.5. The van der Waals surface area contributed by atoms with E-state index in [9.17, 15) is 19.5 Å². The molecule has 0 bridgehead atoms. The van der Waals surface area contributed by atoms with Crippen molar-refractivity contribution in [3.8, 4) is 11.1 Å². The van der Waals surface area contributed by atoms with Gasteiger partial charge in [-0.3, -0.25) is 4.79 Å². The lowest BCUT2D eigenvalue weighted by molar-refractivity contribution is -0.142. The quantitative estimate of drug-likeness (QED) is 0.445. The zero-order valence-corrected chi connectivity index (χ0v) is 18.8. The summed E-state index contributed by atoms with van der Waals surface area (Å²) in [5.41, 5.74) is 4.60. The number of aliphatic carboxylic acids is 1. The van der Waals surface area contributed by atoms with Crippen LogP contribution in [0.15, 0.2) is 61.2 Å². The number of amides is 2. The third-order valence-corrected chi connectivity index (χ3v) is 5.81. The monoisotopic (exact) mass is 450 g/mol. The van der Waals surface area contributed by atoms with Crippen molar-refractivity contribution in [2.24, 2.45) is 0 Å². The highest BCUT2D eigenvalue weighted by Gasteiger charge is 2.29. The average Bonchev–Trinajstić information content (AvgIpc) is 3.12. The van der Waals surface area contributed by atoms with E-state index in [1.807, 2.05) is 24.3 Å². The van der Waals surface area contributed by atoms with Crippen LogP contribution in [0.1, 0.15) is 49.7 Å². The number of carbonyl (C=O) groups excluding carboxylic acids is 2. The molecular weight excluding hydrogens is 420 g/mol. The van der Waals surface area contributed by atoms with Crippen LogP contribution in [-0.4, -0.2) is 41.8 Å². The van der Waals surface area contributed by atoms with Crippen molar-refractivity contribution in [3.05, 3.63) is 72.3 Å². The Morgan fingerprint density at radius 2 is 1.64 bits per heavy atom. The molecule has 2 amide bonds. The van der Waals surface area contributed by atoms with Crippen LogP contribution in [0.25, 0.3) is 11.1 Å². The summed E-state index contributed by atoms with van der Waals surface area (Å²) in [6, 6.07) is 15.0. The second-order valence-corrected chi connectivity index (χ2v) is 8.23. The van der Waals surface area contributed by atoms with E-state index < -0.39 is 18.1 Å². The molecule has 0 fully saturated rings. The van der Waals surface area contributed by atoms with Gasteiger partial charge in [-0.25, -0.2) is 9.59 Å². The number of rotatable bonds is 11. The number of benzene rings is 2. The van der Waals surface area contributed by atoms with Crippen LogP contribution in [0.3, 0.4) is 0 Å². The second-order valence-electron chi connectivity index (χ2n) is 8.23. The normalized spacial score (nSPS) is 13.8. The Balaban J connectivity index is 1.46. The van der Waals surface area contributed by atoms with E-state index in [0.717, 1.165) is 22.3 Å². The summed E-state index contributed by atoms with van der Waals surface area (Å²) < 4.78 is 5.52. The van der Waals surface area contributed by atoms with Gasteiger partial charge < -0.3 is 20.5 Å². The lowest BCUT2D eigenvalue weighted by Crippen LogP contribution is -2.41. The Morgan fingerprint density at radius 3 is 2.21 bits per heavy atom. The average molecular weight is 451 g/mol. The van der Waals surface area contributed by atoms with Crippen molar-refractivity contribution in [2.45, 2.75) is 50.6 Å². The number of carbonyl (C=O) groups is 3. The summed E-state index contributed by atoms with van der Waals surface area (Å²) in [7, 11) is 0. The molecule has 0 aliphatic heterocycles. The first kappa shape index (κ1) is 24.0. The standard InChI is InChI=1S/C26H30N2O5/c1-3-4-13-23(25(30)31)28-24(29)15-14-17(2)27-26(32)33-16-22-20-11-7-5-9-18(20)19-10-6-8-12-21(19)22/h3,5-12,17,22-23H,1,4,13-16H2,2H3,(H,27,32)(H,28,29)(H,30,31). The van der Waals surface area contributed by atoms with Crippen molar-refractivity contribution in [2.75, 3.05) is 6.61 Å². The first-order valence-corrected chi connectivity index (χ1v) is 11.1. The number of ether oxygens (including phenoxy) is 1. The molecule has 174 valence electrons. The fraction of sp³-hybridized carbons (Fsp3) is 0.346. The van der Waals surface area contributed by atoms with Gasteiger partial charge in [-0.2, -0.15) is 0 Å². The number of alkyl carbamates (subject to hydrolysis) is 1. The fourth-order valence-electron chi connectivity index (χ4n) is 4.07. The van der Waals surface area contributed by atoms with Crippen LogP contribution in [0.5, 0.6) is 0 Å². The van der Waals surface area contributed by atoms with Crippen LogP contribution < -0.4 is 10.6 Å². The predicted molar refractivity (Wildman–Crippen MR) is 126 cm³/mol. The summed E-state index contributed by atoms with van der Waals surface area (Å²) in [6.45, 7) is 5.56. The Kier molecular flexibility index (Phi) is 8.24. The molecule has 0 heterocycles. The zero-order valence-electron chi connectivity index (χ0n) is 18.8. The molecule has 0 saturated carbocycles. The minimum Gasteiger partial charge on any atom is -0.480 e. The first-order chi connectivity index (χ1) is 15.9. The number of carboxylic acid groups (broad SMARTS) is 1. The number of carboxylic acids is 1. The molecular formula is C26H30N2O5. The number of hydrogen-bond donors (Lipinski definition) is 3. The van der Waals surface area contributed by atoms with Crippen LogP contribution in [0, 0.1) is 0 Å².